The standard InChI is InChI=1S/C17H24N4O3/c1-11-9-12(10-15(22)19-11)17(24)20-7-4-13(5-8-20)21-6-2-3-14(21)16(18)23/h9-10,13-14H,2-8H2,1H3,(H2,18,23)(H,19,22). The lowest BCUT2D eigenvalue weighted by Gasteiger charge is -2.38. The van der Waals surface area contributed by atoms with Crippen LogP contribution >= 0.6 is 0 Å². The average molecular weight is 332 g/mol. The topological polar surface area (TPSA) is 99.5 Å². The van der Waals surface area contributed by atoms with Gasteiger partial charge in [-0.25, -0.2) is 0 Å². The van der Waals surface area contributed by atoms with Crippen molar-refractivity contribution in [2.45, 2.75) is 44.7 Å². The van der Waals surface area contributed by atoms with Crippen molar-refractivity contribution in [3.05, 3.63) is 33.7 Å². The number of piperidine rings is 1. The SMILES string of the molecule is Cc1cc(C(=O)N2CCC(N3CCCC3C(N)=O)CC2)cc(=O)[nH]1. The lowest BCUT2D eigenvalue weighted by molar-refractivity contribution is -0.123. The van der Waals surface area contributed by atoms with E-state index in [1.54, 1.807) is 17.9 Å². The van der Waals surface area contributed by atoms with Crippen LogP contribution in [0.4, 0.5) is 0 Å². The number of pyridine rings is 1. The van der Waals surface area contributed by atoms with Gasteiger partial charge in [-0.1, -0.05) is 0 Å². The molecule has 3 N–H and O–H groups in total. The summed E-state index contributed by atoms with van der Waals surface area (Å²) < 4.78 is 0. The number of aromatic amines is 1. The Morgan fingerprint density at radius 3 is 2.50 bits per heavy atom. The van der Waals surface area contributed by atoms with Gasteiger partial charge in [0, 0.05) is 36.5 Å². The first-order valence-corrected chi connectivity index (χ1v) is 8.51. The van der Waals surface area contributed by atoms with Crippen LogP contribution in [0, 0.1) is 6.92 Å². The maximum absolute atomic E-state index is 12.6. The van der Waals surface area contributed by atoms with E-state index in [1.807, 2.05) is 0 Å². The van der Waals surface area contributed by atoms with E-state index in [9.17, 15) is 14.4 Å². The molecule has 7 nitrogen and oxygen atoms in total. The molecule has 3 rings (SSSR count). The molecule has 0 aromatic carbocycles. The van der Waals surface area contributed by atoms with E-state index in [0.717, 1.165) is 32.2 Å². The first-order valence-electron chi connectivity index (χ1n) is 8.51. The summed E-state index contributed by atoms with van der Waals surface area (Å²) in [6.45, 7) is 3.94. The zero-order chi connectivity index (χ0) is 17.3. The van der Waals surface area contributed by atoms with Gasteiger partial charge in [-0.05, 0) is 45.2 Å². The fourth-order valence-electron chi connectivity index (χ4n) is 3.92. The highest BCUT2D eigenvalue weighted by molar-refractivity contribution is 5.94. The number of primary amides is 1. The summed E-state index contributed by atoms with van der Waals surface area (Å²) in [6, 6.07) is 3.20. The van der Waals surface area contributed by atoms with Gasteiger partial charge in [-0.15, -0.1) is 0 Å². The van der Waals surface area contributed by atoms with Gasteiger partial charge >= 0.3 is 0 Å². The lowest BCUT2D eigenvalue weighted by atomic mass is 10.0. The largest absolute Gasteiger partial charge is 0.368 e. The van der Waals surface area contributed by atoms with Crippen LogP contribution in [-0.4, -0.2) is 58.3 Å². The Hall–Kier alpha value is -2.15. The number of rotatable bonds is 3. The molecular formula is C17H24N4O3. The number of nitrogens with two attached hydrogens (primary N) is 1. The Labute approximate surface area is 140 Å². The Balaban J connectivity index is 1.63. The highest BCUT2D eigenvalue weighted by Crippen LogP contribution is 2.26. The third kappa shape index (κ3) is 3.36. The molecular weight excluding hydrogens is 308 g/mol. The predicted molar refractivity (Wildman–Crippen MR) is 89.6 cm³/mol. The molecule has 1 atom stereocenters. The van der Waals surface area contributed by atoms with Gasteiger partial charge in [0.1, 0.15) is 0 Å². The number of aromatic nitrogens is 1. The van der Waals surface area contributed by atoms with E-state index in [0.29, 0.717) is 30.4 Å². The molecule has 2 aliphatic rings. The summed E-state index contributed by atoms with van der Waals surface area (Å²) >= 11 is 0. The van der Waals surface area contributed by atoms with Crippen molar-refractivity contribution in [1.29, 1.82) is 0 Å². The van der Waals surface area contributed by atoms with Crippen LogP contribution in [-0.2, 0) is 4.79 Å². The first-order chi connectivity index (χ1) is 11.5. The summed E-state index contributed by atoms with van der Waals surface area (Å²) in [5, 5.41) is 0. The number of carbonyl (C=O) groups is 2. The molecule has 0 radical (unpaired) electrons. The molecule has 2 fully saturated rings. The summed E-state index contributed by atoms with van der Waals surface area (Å²) in [7, 11) is 0. The van der Waals surface area contributed by atoms with Crippen LogP contribution in [0.1, 0.15) is 41.7 Å². The van der Waals surface area contributed by atoms with Crippen molar-refractivity contribution in [2.24, 2.45) is 5.73 Å². The number of likely N-dealkylation sites (tertiary alicyclic amines) is 2. The molecule has 0 aliphatic carbocycles. The molecule has 0 spiro atoms. The maximum atomic E-state index is 12.6. The van der Waals surface area contributed by atoms with Crippen molar-refractivity contribution >= 4 is 11.8 Å². The van der Waals surface area contributed by atoms with Gasteiger partial charge in [0.05, 0.1) is 6.04 Å². The van der Waals surface area contributed by atoms with Gasteiger partial charge in [0.15, 0.2) is 0 Å². The van der Waals surface area contributed by atoms with E-state index in [2.05, 4.69) is 9.88 Å². The number of amides is 2. The van der Waals surface area contributed by atoms with Crippen LogP contribution < -0.4 is 11.3 Å². The van der Waals surface area contributed by atoms with Crippen LogP contribution in [0.15, 0.2) is 16.9 Å². The van der Waals surface area contributed by atoms with Gasteiger partial charge in [-0.2, -0.15) is 0 Å². The monoisotopic (exact) mass is 332 g/mol. The van der Waals surface area contributed by atoms with Gasteiger partial charge in [-0.3, -0.25) is 19.3 Å². The number of aryl methyl sites for hydroxylation is 1. The summed E-state index contributed by atoms with van der Waals surface area (Å²) in [5.74, 6) is -0.347. The minimum absolute atomic E-state index is 0.101. The van der Waals surface area contributed by atoms with Crippen molar-refractivity contribution in [2.75, 3.05) is 19.6 Å². The number of H-pyrrole nitrogens is 1. The third-order valence-electron chi connectivity index (χ3n) is 5.07. The molecule has 1 unspecified atom stereocenters. The maximum Gasteiger partial charge on any atom is 0.254 e. The molecule has 1 aromatic rings. The number of hydrogen-bond donors (Lipinski definition) is 2. The Morgan fingerprint density at radius 1 is 1.17 bits per heavy atom. The minimum Gasteiger partial charge on any atom is -0.368 e. The normalized spacial score (nSPS) is 22.7. The molecule has 24 heavy (non-hydrogen) atoms. The quantitative estimate of drug-likeness (QED) is 0.828. The number of nitrogens with zero attached hydrogens (tertiary/aromatic N) is 2. The molecule has 2 saturated heterocycles. The fourth-order valence-corrected chi connectivity index (χ4v) is 3.92. The molecule has 0 bridgehead atoms. The van der Waals surface area contributed by atoms with E-state index in [-0.39, 0.29) is 23.4 Å². The van der Waals surface area contributed by atoms with Crippen LogP contribution in [0.25, 0.3) is 0 Å². The van der Waals surface area contributed by atoms with E-state index < -0.39 is 0 Å². The third-order valence-corrected chi connectivity index (χ3v) is 5.07. The lowest BCUT2D eigenvalue weighted by Crippen LogP contribution is -2.51. The fraction of sp³-hybridized carbons (Fsp3) is 0.588. The van der Waals surface area contributed by atoms with E-state index >= 15 is 0 Å². The minimum atomic E-state index is -0.255. The van der Waals surface area contributed by atoms with Crippen molar-refractivity contribution < 1.29 is 9.59 Å². The second-order valence-electron chi connectivity index (χ2n) is 6.74. The van der Waals surface area contributed by atoms with Gasteiger partial charge < -0.3 is 15.6 Å². The number of nitrogens with one attached hydrogen (secondary N) is 1. The van der Waals surface area contributed by atoms with Gasteiger partial charge in [0.2, 0.25) is 11.5 Å². The van der Waals surface area contributed by atoms with Crippen LogP contribution in [0.3, 0.4) is 0 Å². The summed E-state index contributed by atoms with van der Waals surface area (Å²) in [6.07, 6.45) is 3.49. The van der Waals surface area contributed by atoms with E-state index in [4.69, 9.17) is 5.73 Å². The van der Waals surface area contributed by atoms with Crippen molar-refractivity contribution in [3.8, 4) is 0 Å². The molecule has 7 heteroatoms. The average Bonchev–Trinajstić information content (AvgIpc) is 3.03. The van der Waals surface area contributed by atoms with E-state index in [1.165, 1.54) is 6.07 Å². The van der Waals surface area contributed by atoms with Crippen LogP contribution in [0.2, 0.25) is 0 Å². The predicted octanol–water partition coefficient (Wildman–Crippen LogP) is 0.238. The highest BCUT2D eigenvalue weighted by Gasteiger charge is 2.36. The molecule has 0 saturated carbocycles. The zero-order valence-electron chi connectivity index (χ0n) is 14.0. The molecule has 130 valence electrons. The Bertz CT molecular complexity index is 691. The Morgan fingerprint density at radius 2 is 1.88 bits per heavy atom. The number of carbonyl (C=O) groups excluding carboxylic acids is 2. The second kappa shape index (κ2) is 6.76. The Kier molecular flexibility index (Phi) is 4.71. The molecule has 2 aliphatic heterocycles. The van der Waals surface area contributed by atoms with Crippen molar-refractivity contribution in [3.63, 3.8) is 0 Å². The summed E-state index contributed by atoms with van der Waals surface area (Å²) in [4.78, 5) is 42.3. The second-order valence-corrected chi connectivity index (χ2v) is 6.74. The molecule has 3 heterocycles. The van der Waals surface area contributed by atoms with Crippen molar-refractivity contribution in [1.82, 2.24) is 14.8 Å². The van der Waals surface area contributed by atoms with Gasteiger partial charge in [0.25, 0.3) is 5.91 Å². The van der Waals surface area contributed by atoms with Crippen LogP contribution in [0.5, 0.6) is 0 Å². The molecule has 2 amide bonds. The first kappa shape index (κ1) is 16.7. The highest BCUT2D eigenvalue weighted by atomic mass is 16.2. The smallest absolute Gasteiger partial charge is 0.254 e. The number of hydrogen-bond acceptors (Lipinski definition) is 4. The zero-order valence-corrected chi connectivity index (χ0v) is 14.0. The molecule has 1 aromatic heterocycles. The summed E-state index contributed by atoms with van der Waals surface area (Å²) in [5.41, 5.74) is 6.36.